The van der Waals surface area contributed by atoms with Crippen LogP contribution in [-0.2, 0) is 34.3 Å². The quantitative estimate of drug-likeness (QED) is 0.625. The molecule has 11 heteroatoms. The smallest absolute Gasteiger partial charge is 0.324 e. The SMILES string of the molecule is COC(=O)C(NS(=O)(=O)c1ccc(S(=O)(=O)N2CCOCC2)cc1)C(C)C. The molecule has 1 heterocycles. The number of carbonyl (C=O) groups is 1. The summed E-state index contributed by atoms with van der Waals surface area (Å²) in [7, 11) is -6.56. The lowest BCUT2D eigenvalue weighted by Crippen LogP contribution is -2.44. The van der Waals surface area contributed by atoms with Gasteiger partial charge >= 0.3 is 5.97 Å². The van der Waals surface area contributed by atoms with Crippen molar-refractivity contribution in [1.82, 2.24) is 9.03 Å². The highest BCUT2D eigenvalue weighted by molar-refractivity contribution is 7.89. The molecule has 1 aliphatic heterocycles. The van der Waals surface area contributed by atoms with Gasteiger partial charge < -0.3 is 9.47 Å². The van der Waals surface area contributed by atoms with E-state index in [0.29, 0.717) is 13.2 Å². The first-order valence-corrected chi connectivity index (χ1v) is 11.3. The molecule has 27 heavy (non-hydrogen) atoms. The molecule has 0 amide bonds. The Morgan fingerprint density at radius 3 is 2.07 bits per heavy atom. The first kappa shape index (κ1) is 21.8. The summed E-state index contributed by atoms with van der Waals surface area (Å²) in [4.78, 5) is 11.6. The first-order chi connectivity index (χ1) is 12.6. The molecule has 1 fully saturated rings. The molecule has 0 saturated carbocycles. The van der Waals surface area contributed by atoms with Crippen LogP contribution in [0.5, 0.6) is 0 Å². The van der Waals surface area contributed by atoms with Crippen molar-refractivity contribution in [2.24, 2.45) is 5.92 Å². The van der Waals surface area contributed by atoms with Gasteiger partial charge in [-0.2, -0.15) is 9.03 Å². The van der Waals surface area contributed by atoms with E-state index in [0.717, 1.165) is 0 Å². The number of benzene rings is 1. The molecular weight excluding hydrogens is 396 g/mol. The Kier molecular flexibility index (Phi) is 6.98. The second-order valence-electron chi connectivity index (χ2n) is 6.35. The average molecular weight is 421 g/mol. The summed E-state index contributed by atoms with van der Waals surface area (Å²) in [5.74, 6) is -1.02. The van der Waals surface area contributed by atoms with Crippen LogP contribution in [0.3, 0.4) is 0 Å². The van der Waals surface area contributed by atoms with E-state index in [2.05, 4.69) is 9.46 Å². The first-order valence-electron chi connectivity index (χ1n) is 8.37. The summed E-state index contributed by atoms with van der Waals surface area (Å²) < 4.78 is 63.6. The maximum atomic E-state index is 12.6. The summed E-state index contributed by atoms with van der Waals surface area (Å²) >= 11 is 0. The summed E-state index contributed by atoms with van der Waals surface area (Å²) in [6, 6.07) is 3.83. The summed E-state index contributed by atoms with van der Waals surface area (Å²) in [6.07, 6.45) is 0. The van der Waals surface area contributed by atoms with E-state index >= 15 is 0 Å². The normalized spacial score (nSPS) is 17.6. The predicted molar refractivity (Wildman–Crippen MR) is 97.0 cm³/mol. The van der Waals surface area contributed by atoms with Gasteiger partial charge in [0.25, 0.3) is 0 Å². The van der Waals surface area contributed by atoms with E-state index in [1.54, 1.807) is 13.8 Å². The molecule has 9 nitrogen and oxygen atoms in total. The largest absolute Gasteiger partial charge is 0.468 e. The Labute approximate surface area is 159 Å². The van der Waals surface area contributed by atoms with Gasteiger partial charge in [-0.3, -0.25) is 4.79 Å². The highest BCUT2D eigenvalue weighted by Gasteiger charge is 2.30. The van der Waals surface area contributed by atoms with Crippen molar-refractivity contribution in [3.05, 3.63) is 24.3 Å². The van der Waals surface area contributed by atoms with E-state index < -0.39 is 32.1 Å². The molecule has 1 saturated heterocycles. The van der Waals surface area contributed by atoms with Crippen molar-refractivity contribution < 1.29 is 31.1 Å². The third kappa shape index (κ3) is 5.05. The fourth-order valence-corrected chi connectivity index (χ4v) is 5.29. The van der Waals surface area contributed by atoms with Crippen LogP contribution in [0.4, 0.5) is 0 Å². The fourth-order valence-electron chi connectivity index (χ4n) is 2.55. The number of nitrogens with one attached hydrogen (secondary N) is 1. The van der Waals surface area contributed by atoms with E-state index in [4.69, 9.17) is 4.74 Å². The molecule has 0 aliphatic carbocycles. The van der Waals surface area contributed by atoms with Gasteiger partial charge in [-0.05, 0) is 30.2 Å². The van der Waals surface area contributed by atoms with Crippen molar-refractivity contribution in [2.75, 3.05) is 33.4 Å². The number of methoxy groups -OCH3 is 1. The van der Waals surface area contributed by atoms with Crippen molar-refractivity contribution in [2.45, 2.75) is 29.7 Å². The zero-order valence-corrected chi connectivity index (χ0v) is 17.0. The van der Waals surface area contributed by atoms with E-state index in [9.17, 15) is 21.6 Å². The third-order valence-corrected chi connectivity index (χ3v) is 7.52. The number of hydrogen-bond donors (Lipinski definition) is 1. The fraction of sp³-hybridized carbons (Fsp3) is 0.562. The number of rotatable bonds is 7. The highest BCUT2D eigenvalue weighted by atomic mass is 32.2. The van der Waals surface area contributed by atoms with Gasteiger partial charge in [-0.15, -0.1) is 0 Å². The molecule has 1 aromatic rings. The number of esters is 1. The molecule has 1 aliphatic rings. The minimum Gasteiger partial charge on any atom is -0.468 e. The second kappa shape index (κ2) is 8.65. The maximum absolute atomic E-state index is 12.6. The lowest BCUT2D eigenvalue weighted by molar-refractivity contribution is -0.143. The molecule has 0 aromatic heterocycles. The number of carbonyl (C=O) groups excluding carboxylic acids is 1. The molecule has 152 valence electrons. The molecule has 1 aromatic carbocycles. The van der Waals surface area contributed by atoms with Gasteiger partial charge in [-0.25, -0.2) is 16.8 Å². The van der Waals surface area contributed by atoms with Crippen LogP contribution in [-0.4, -0.2) is 66.6 Å². The highest BCUT2D eigenvalue weighted by Crippen LogP contribution is 2.20. The summed E-state index contributed by atoms with van der Waals surface area (Å²) in [6.45, 7) is 4.50. The molecule has 0 bridgehead atoms. The van der Waals surface area contributed by atoms with Crippen molar-refractivity contribution in [3.63, 3.8) is 0 Å². The van der Waals surface area contributed by atoms with Gasteiger partial charge in [0.05, 0.1) is 30.1 Å². The number of hydrogen-bond acceptors (Lipinski definition) is 7. The van der Waals surface area contributed by atoms with Crippen LogP contribution in [0.2, 0.25) is 0 Å². The number of sulfonamides is 2. The third-order valence-electron chi connectivity index (χ3n) is 4.15. The Hall–Kier alpha value is -1.53. The monoisotopic (exact) mass is 420 g/mol. The van der Waals surface area contributed by atoms with Gasteiger partial charge in [0.2, 0.25) is 20.0 Å². The lowest BCUT2D eigenvalue weighted by Gasteiger charge is -2.26. The molecule has 1 unspecified atom stereocenters. The molecule has 1 N–H and O–H groups in total. The van der Waals surface area contributed by atoms with Crippen LogP contribution >= 0.6 is 0 Å². The van der Waals surface area contributed by atoms with Crippen LogP contribution in [0.1, 0.15) is 13.8 Å². The molecule has 2 rings (SSSR count). The number of morpholine rings is 1. The summed E-state index contributed by atoms with van der Waals surface area (Å²) in [5.41, 5.74) is 0. The zero-order valence-electron chi connectivity index (χ0n) is 15.4. The topological polar surface area (TPSA) is 119 Å². The Morgan fingerprint density at radius 1 is 1.07 bits per heavy atom. The minimum absolute atomic E-state index is 0.00303. The van der Waals surface area contributed by atoms with Crippen molar-refractivity contribution in [3.8, 4) is 0 Å². The van der Waals surface area contributed by atoms with E-state index in [1.807, 2.05) is 0 Å². The second-order valence-corrected chi connectivity index (χ2v) is 10.0. The number of nitrogens with zero attached hydrogens (tertiary/aromatic N) is 1. The average Bonchev–Trinajstić information content (AvgIpc) is 2.66. The van der Waals surface area contributed by atoms with Crippen LogP contribution in [0.15, 0.2) is 34.1 Å². The molecule has 1 atom stereocenters. The maximum Gasteiger partial charge on any atom is 0.324 e. The lowest BCUT2D eigenvalue weighted by atomic mass is 10.1. The Bertz CT molecular complexity index is 859. The molecular formula is C16H24N2O7S2. The Morgan fingerprint density at radius 2 is 1.59 bits per heavy atom. The van der Waals surface area contributed by atoms with Crippen LogP contribution in [0, 0.1) is 5.92 Å². The van der Waals surface area contributed by atoms with Crippen molar-refractivity contribution in [1.29, 1.82) is 0 Å². The zero-order chi connectivity index (χ0) is 20.2. The van der Waals surface area contributed by atoms with E-state index in [-0.39, 0.29) is 28.8 Å². The predicted octanol–water partition coefficient (Wildman–Crippen LogP) is 0.183. The number of ether oxygens (including phenoxy) is 2. The van der Waals surface area contributed by atoms with Gasteiger partial charge in [0, 0.05) is 13.1 Å². The van der Waals surface area contributed by atoms with Crippen molar-refractivity contribution >= 4 is 26.0 Å². The Balaban J connectivity index is 2.23. The van der Waals surface area contributed by atoms with Crippen LogP contribution in [0.25, 0.3) is 0 Å². The van der Waals surface area contributed by atoms with Crippen LogP contribution < -0.4 is 4.72 Å². The van der Waals surface area contributed by atoms with Gasteiger partial charge in [-0.1, -0.05) is 13.8 Å². The minimum atomic E-state index is -4.03. The van der Waals surface area contributed by atoms with Gasteiger partial charge in [0.1, 0.15) is 6.04 Å². The van der Waals surface area contributed by atoms with Gasteiger partial charge in [0.15, 0.2) is 0 Å². The van der Waals surface area contributed by atoms with E-state index in [1.165, 1.54) is 35.7 Å². The molecule has 0 radical (unpaired) electrons. The summed E-state index contributed by atoms with van der Waals surface area (Å²) in [5, 5.41) is 0. The standard InChI is InChI=1S/C16H24N2O7S2/c1-12(2)15(16(19)24-3)17-26(20,21)13-4-6-14(7-5-13)27(22,23)18-8-10-25-11-9-18/h4-7,12,15,17H,8-11H2,1-3H3. The molecule has 0 spiro atoms.